The standard InChI is InChI=1S/C19H23N3OS/c20-18-17(14-5-2-1-3-6-14)21-19(24-18)15-7-4-8-16(13-15)22-9-11-23-12-10-22/h1-2,4-5,7-8,13,19,21H,3,6,9-12,20H2. The van der Waals surface area contributed by atoms with Gasteiger partial charge in [0.2, 0.25) is 0 Å². The maximum atomic E-state index is 6.31. The molecule has 0 bridgehead atoms. The zero-order valence-corrected chi connectivity index (χ0v) is 14.5. The van der Waals surface area contributed by atoms with E-state index >= 15 is 0 Å². The molecule has 1 aromatic carbocycles. The lowest BCUT2D eigenvalue weighted by molar-refractivity contribution is 0.122. The van der Waals surface area contributed by atoms with Gasteiger partial charge in [0.15, 0.2) is 0 Å². The van der Waals surface area contributed by atoms with Crippen LogP contribution in [0.3, 0.4) is 0 Å². The first-order chi connectivity index (χ1) is 11.8. The van der Waals surface area contributed by atoms with Crippen LogP contribution in [-0.4, -0.2) is 26.3 Å². The molecule has 3 aliphatic rings. The van der Waals surface area contributed by atoms with Gasteiger partial charge in [0.1, 0.15) is 5.37 Å². The molecular weight excluding hydrogens is 318 g/mol. The van der Waals surface area contributed by atoms with Crippen LogP contribution >= 0.6 is 11.8 Å². The van der Waals surface area contributed by atoms with Crippen LogP contribution in [0, 0.1) is 0 Å². The van der Waals surface area contributed by atoms with Gasteiger partial charge in [-0.25, -0.2) is 0 Å². The minimum atomic E-state index is 0.188. The van der Waals surface area contributed by atoms with Crippen molar-refractivity contribution in [1.82, 2.24) is 5.32 Å². The third-order valence-electron chi connectivity index (χ3n) is 4.65. The van der Waals surface area contributed by atoms with E-state index in [0.717, 1.165) is 49.9 Å². The maximum absolute atomic E-state index is 6.31. The fourth-order valence-corrected chi connectivity index (χ4v) is 4.36. The predicted octanol–water partition coefficient (Wildman–Crippen LogP) is 3.26. The molecule has 1 saturated heterocycles. The number of hydrogen-bond donors (Lipinski definition) is 2. The average molecular weight is 341 g/mol. The summed E-state index contributed by atoms with van der Waals surface area (Å²) in [6.07, 6.45) is 8.64. The van der Waals surface area contributed by atoms with Gasteiger partial charge in [-0.1, -0.05) is 42.1 Å². The van der Waals surface area contributed by atoms with Gasteiger partial charge in [0.05, 0.1) is 23.9 Å². The first-order valence-corrected chi connectivity index (χ1v) is 9.41. The summed E-state index contributed by atoms with van der Waals surface area (Å²) >= 11 is 1.71. The molecule has 2 heterocycles. The van der Waals surface area contributed by atoms with E-state index in [2.05, 4.69) is 52.7 Å². The van der Waals surface area contributed by atoms with Crippen LogP contribution in [0.15, 0.2) is 58.8 Å². The monoisotopic (exact) mass is 341 g/mol. The lowest BCUT2D eigenvalue weighted by atomic mass is 10.0. The van der Waals surface area contributed by atoms with Gasteiger partial charge in [-0.15, -0.1) is 0 Å². The Bertz CT molecular complexity index is 704. The molecule has 0 spiro atoms. The summed E-state index contributed by atoms with van der Waals surface area (Å²) < 4.78 is 5.45. The maximum Gasteiger partial charge on any atom is 0.104 e. The number of hydrogen-bond acceptors (Lipinski definition) is 5. The molecule has 126 valence electrons. The fourth-order valence-electron chi connectivity index (χ4n) is 3.34. The Morgan fingerprint density at radius 3 is 2.92 bits per heavy atom. The number of morpholine rings is 1. The zero-order valence-electron chi connectivity index (χ0n) is 13.7. The van der Waals surface area contributed by atoms with Crippen molar-refractivity contribution in [2.45, 2.75) is 18.2 Å². The van der Waals surface area contributed by atoms with Gasteiger partial charge < -0.3 is 20.7 Å². The predicted molar refractivity (Wildman–Crippen MR) is 101 cm³/mol. The van der Waals surface area contributed by atoms with E-state index in [1.165, 1.54) is 16.8 Å². The summed E-state index contributed by atoms with van der Waals surface area (Å²) in [7, 11) is 0. The third kappa shape index (κ3) is 3.19. The normalized spacial score (nSPS) is 24.1. The van der Waals surface area contributed by atoms with Gasteiger partial charge >= 0.3 is 0 Å². The molecule has 4 nitrogen and oxygen atoms in total. The van der Waals surface area contributed by atoms with E-state index < -0.39 is 0 Å². The van der Waals surface area contributed by atoms with E-state index in [-0.39, 0.29) is 5.37 Å². The van der Waals surface area contributed by atoms with Gasteiger partial charge in [-0.05, 0) is 36.1 Å². The van der Waals surface area contributed by atoms with Crippen LogP contribution in [0.1, 0.15) is 23.8 Å². The van der Waals surface area contributed by atoms with Gasteiger partial charge in [0, 0.05) is 18.8 Å². The Hall–Kier alpha value is -1.85. The molecule has 0 amide bonds. The second-order valence-corrected chi connectivity index (χ2v) is 7.38. The second kappa shape index (κ2) is 6.95. The highest BCUT2D eigenvalue weighted by atomic mass is 32.2. The summed E-state index contributed by atoms with van der Waals surface area (Å²) in [6.45, 7) is 3.53. The number of allylic oxidation sites excluding steroid dienone is 4. The number of benzene rings is 1. The van der Waals surface area contributed by atoms with E-state index in [4.69, 9.17) is 10.5 Å². The van der Waals surface area contributed by atoms with Crippen molar-refractivity contribution in [1.29, 1.82) is 0 Å². The summed E-state index contributed by atoms with van der Waals surface area (Å²) in [5, 5.41) is 4.72. The van der Waals surface area contributed by atoms with E-state index in [1.54, 1.807) is 11.8 Å². The molecule has 24 heavy (non-hydrogen) atoms. The first-order valence-electron chi connectivity index (χ1n) is 8.53. The Morgan fingerprint density at radius 2 is 2.12 bits per heavy atom. The van der Waals surface area contributed by atoms with Crippen molar-refractivity contribution < 1.29 is 4.74 Å². The van der Waals surface area contributed by atoms with Crippen LogP contribution in [0.2, 0.25) is 0 Å². The molecule has 1 aromatic rings. The van der Waals surface area contributed by atoms with Crippen molar-refractivity contribution in [3.05, 3.63) is 64.4 Å². The second-order valence-electron chi connectivity index (χ2n) is 6.23. The third-order valence-corrected chi connectivity index (χ3v) is 5.73. The highest BCUT2D eigenvalue weighted by Crippen LogP contribution is 2.41. The van der Waals surface area contributed by atoms with E-state index in [0.29, 0.717) is 0 Å². The van der Waals surface area contributed by atoms with Gasteiger partial charge in [-0.3, -0.25) is 0 Å². The molecule has 0 radical (unpaired) electrons. The van der Waals surface area contributed by atoms with Crippen molar-refractivity contribution in [3.8, 4) is 0 Å². The summed E-state index contributed by atoms with van der Waals surface area (Å²) in [6, 6.07) is 8.78. The van der Waals surface area contributed by atoms with Crippen LogP contribution in [0.25, 0.3) is 0 Å². The van der Waals surface area contributed by atoms with Crippen molar-refractivity contribution in [2.24, 2.45) is 5.73 Å². The highest BCUT2D eigenvalue weighted by molar-refractivity contribution is 8.03. The van der Waals surface area contributed by atoms with Crippen molar-refractivity contribution in [2.75, 3.05) is 31.2 Å². The molecule has 2 aliphatic heterocycles. The van der Waals surface area contributed by atoms with E-state index in [9.17, 15) is 0 Å². The Kier molecular flexibility index (Phi) is 4.54. The van der Waals surface area contributed by atoms with Crippen molar-refractivity contribution >= 4 is 17.4 Å². The minimum Gasteiger partial charge on any atom is -0.392 e. The molecule has 1 atom stereocenters. The molecule has 4 rings (SSSR count). The molecule has 0 aromatic heterocycles. The molecule has 1 unspecified atom stereocenters. The minimum absolute atomic E-state index is 0.188. The lowest BCUT2D eigenvalue weighted by Crippen LogP contribution is -2.36. The summed E-state index contributed by atoms with van der Waals surface area (Å²) in [5.74, 6) is 0. The Balaban J connectivity index is 1.51. The average Bonchev–Trinajstić information content (AvgIpc) is 3.05. The van der Waals surface area contributed by atoms with Gasteiger partial charge in [-0.2, -0.15) is 0 Å². The van der Waals surface area contributed by atoms with Crippen LogP contribution in [0.5, 0.6) is 0 Å². The lowest BCUT2D eigenvalue weighted by Gasteiger charge is -2.29. The smallest absolute Gasteiger partial charge is 0.104 e. The van der Waals surface area contributed by atoms with Crippen molar-refractivity contribution in [3.63, 3.8) is 0 Å². The summed E-state index contributed by atoms with van der Waals surface area (Å²) in [5.41, 5.74) is 11.3. The molecule has 1 fully saturated rings. The van der Waals surface area contributed by atoms with E-state index in [1.807, 2.05) is 0 Å². The molecule has 3 N–H and O–H groups in total. The molecule has 1 aliphatic carbocycles. The Labute approximate surface area is 147 Å². The SMILES string of the molecule is NC1=C(C2=CC=CCC2)NC(c2cccc(N3CCOCC3)c2)S1. The van der Waals surface area contributed by atoms with Gasteiger partial charge in [0.25, 0.3) is 0 Å². The van der Waals surface area contributed by atoms with Crippen LogP contribution < -0.4 is 16.0 Å². The highest BCUT2D eigenvalue weighted by Gasteiger charge is 2.26. The number of anilines is 1. The number of rotatable bonds is 3. The number of nitrogens with two attached hydrogens (primary N) is 1. The fraction of sp³-hybridized carbons (Fsp3) is 0.368. The Morgan fingerprint density at radius 1 is 1.25 bits per heavy atom. The van der Waals surface area contributed by atoms with Crippen LogP contribution in [0.4, 0.5) is 5.69 Å². The number of thioether (sulfide) groups is 1. The topological polar surface area (TPSA) is 50.5 Å². The number of nitrogens with one attached hydrogen (secondary N) is 1. The quantitative estimate of drug-likeness (QED) is 0.884. The largest absolute Gasteiger partial charge is 0.392 e. The molecule has 0 saturated carbocycles. The molecular formula is C19H23N3OS. The summed E-state index contributed by atoms with van der Waals surface area (Å²) in [4.78, 5) is 2.39. The number of ether oxygens (including phenoxy) is 1. The zero-order chi connectivity index (χ0) is 16.4. The molecule has 5 heteroatoms. The number of nitrogens with zero attached hydrogens (tertiary/aromatic N) is 1. The first kappa shape index (κ1) is 15.7. The van der Waals surface area contributed by atoms with Crippen LogP contribution in [-0.2, 0) is 4.74 Å².